The quantitative estimate of drug-likeness (QED) is 0.374. The average molecular weight is 185 g/mol. The molecule has 1 rings (SSSR count). The molecule has 7 nitrogen and oxygen atoms in total. The van der Waals surface area contributed by atoms with Crippen LogP contribution in [0, 0.1) is 10.1 Å². The number of rotatable bonds is 3. The predicted octanol–water partition coefficient (Wildman–Crippen LogP) is -0.0357. The topological polar surface area (TPSA) is 87.3 Å². The van der Waals surface area contributed by atoms with Crippen LogP contribution >= 0.6 is 0 Å². The zero-order valence-electron chi connectivity index (χ0n) is 6.84. The second kappa shape index (κ2) is 3.65. The summed E-state index contributed by atoms with van der Waals surface area (Å²) in [7, 11) is 1.24. The fourth-order valence-corrected chi connectivity index (χ4v) is 0.743. The minimum atomic E-state index is -0.631. The Morgan fingerprint density at radius 2 is 2.54 bits per heavy atom. The van der Waals surface area contributed by atoms with Gasteiger partial charge >= 0.3 is 11.8 Å². The number of aromatic nitrogens is 2. The average Bonchev–Trinajstić information content (AvgIpc) is 2.52. The van der Waals surface area contributed by atoms with E-state index in [1.54, 1.807) is 0 Å². The molecule has 0 aliphatic heterocycles. The SMILES string of the molecule is COC(=O)Cn1cnc([N+](=O)[O-])c1. The molecule has 7 heteroatoms. The lowest BCUT2D eigenvalue weighted by Gasteiger charge is -1.96. The summed E-state index contributed by atoms with van der Waals surface area (Å²) in [6.07, 6.45) is 2.37. The van der Waals surface area contributed by atoms with Crippen LogP contribution in [0.5, 0.6) is 0 Å². The van der Waals surface area contributed by atoms with Crippen molar-refractivity contribution in [3.63, 3.8) is 0 Å². The summed E-state index contributed by atoms with van der Waals surface area (Å²) < 4.78 is 5.65. The Bertz CT molecular complexity index is 332. The van der Waals surface area contributed by atoms with E-state index in [1.165, 1.54) is 18.0 Å². The minimum absolute atomic E-state index is 0.0721. The van der Waals surface area contributed by atoms with E-state index in [1.807, 2.05) is 0 Å². The lowest BCUT2D eigenvalue weighted by molar-refractivity contribution is -0.389. The number of imidazole rings is 1. The summed E-state index contributed by atoms with van der Waals surface area (Å²) in [6, 6.07) is 0. The molecule has 0 saturated heterocycles. The van der Waals surface area contributed by atoms with Crippen LogP contribution in [0.15, 0.2) is 12.5 Å². The summed E-state index contributed by atoms with van der Waals surface area (Å²) in [4.78, 5) is 23.7. The molecule has 0 bridgehead atoms. The van der Waals surface area contributed by atoms with Crippen molar-refractivity contribution in [3.05, 3.63) is 22.6 Å². The van der Waals surface area contributed by atoms with Crippen LogP contribution < -0.4 is 0 Å². The van der Waals surface area contributed by atoms with Gasteiger partial charge in [-0.15, -0.1) is 0 Å². The lowest BCUT2D eigenvalue weighted by atomic mass is 10.6. The molecule has 1 heterocycles. The van der Waals surface area contributed by atoms with Crippen molar-refractivity contribution in [2.24, 2.45) is 0 Å². The molecule has 0 saturated carbocycles. The van der Waals surface area contributed by atoms with Gasteiger partial charge in [-0.2, -0.15) is 0 Å². The van der Waals surface area contributed by atoms with Crippen molar-refractivity contribution >= 4 is 11.8 Å². The first-order valence-electron chi connectivity index (χ1n) is 3.36. The molecule has 0 radical (unpaired) electrons. The van der Waals surface area contributed by atoms with Crippen molar-refractivity contribution in [3.8, 4) is 0 Å². The molecular weight excluding hydrogens is 178 g/mol. The minimum Gasteiger partial charge on any atom is -0.468 e. The summed E-state index contributed by atoms with van der Waals surface area (Å²) in [5, 5.41) is 10.2. The highest BCUT2D eigenvalue weighted by Gasteiger charge is 2.11. The molecule has 0 atom stereocenters. The standard InChI is InChI=1S/C6H7N3O4/c1-13-6(10)3-8-2-5(7-4-8)9(11)12/h2,4H,3H2,1H3. The molecule has 1 aromatic heterocycles. The van der Waals surface area contributed by atoms with Crippen LogP contribution in [0.2, 0.25) is 0 Å². The van der Waals surface area contributed by atoms with E-state index >= 15 is 0 Å². The van der Waals surface area contributed by atoms with E-state index in [9.17, 15) is 14.9 Å². The number of hydrogen-bond donors (Lipinski definition) is 0. The van der Waals surface area contributed by atoms with Crippen molar-refractivity contribution in [1.82, 2.24) is 9.55 Å². The van der Waals surface area contributed by atoms with E-state index in [0.717, 1.165) is 6.20 Å². The van der Waals surface area contributed by atoms with Crippen LogP contribution in [0.4, 0.5) is 5.82 Å². The largest absolute Gasteiger partial charge is 0.468 e. The molecule has 0 fully saturated rings. The molecule has 0 spiro atoms. The van der Waals surface area contributed by atoms with Gasteiger partial charge in [0.1, 0.15) is 12.7 Å². The van der Waals surface area contributed by atoms with Gasteiger partial charge in [0.05, 0.1) is 7.11 Å². The van der Waals surface area contributed by atoms with Crippen LogP contribution in [0.25, 0.3) is 0 Å². The normalized spacial score (nSPS) is 9.62. The van der Waals surface area contributed by atoms with Gasteiger partial charge < -0.3 is 14.9 Å². The van der Waals surface area contributed by atoms with Gasteiger partial charge in [-0.05, 0) is 9.91 Å². The van der Waals surface area contributed by atoms with Crippen molar-refractivity contribution < 1.29 is 14.5 Å². The number of nitro groups is 1. The second-order valence-electron chi connectivity index (χ2n) is 2.24. The summed E-state index contributed by atoms with van der Waals surface area (Å²) >= 11 is 0. The molecule has 1 aromatic rings. The first-order chi connectivity index (χ1) is 6.13. The van der Waals surface area contributed by atoms with Gasteiger partial charge in [0.25, 0.3) is 0 Å². The fraction of sp³-hybridized carbons (Fsp3) is 0.333. The Kier molecular flexibility index (Phi) is 2.58. The number of methoxy groups -OCH3 is 1. The monoisotopic (exact) mass is 185 g/mol. The Hall–Kier alpha value is -1.92. The fourth-order valence-electron chi connectivity index (χ4n) is 0.743. The van der Waals surface area contributed by atoms with Crippen LogP contribution in [0.1, 0.15) is 0 Å². The molecule has 0 unspecified atom stereocenters. The maximum Gasteiger partial charge on any atom is 0.381 e. The lowest BCUT2D eigenvalue weighted by Crippen LogP contribution is -2.09. The number of ether oxygens (including phenoxy) is 1. The Morgan fingerprint density at radius 1 is 1.85 bits per heavy atom. The summed E-state index contributed by atoms with van der Waals surface area (Å²) in [6.45, 7) is -0.0721. The Balaban J connectivity index is 2.69. The molecular formula is C6H7N3O4. The molecule has 13 heavy (non-hydrogen) atoms. The van der Waals surface area contributed by atoms with Crippen molar-refractivity contribution in [1.29, 1.82) is 0 Å². The van der Waals surface area contributed by atoms with Crippen molar-refractivity contribution in [2.75, 3.05) is 7.11 Å². The van der Waals surface area contributed by atoms with Gasteiger partial charge in [-0.25, -0.2) is 0 Å². The summed E-state index contributed by atoms with van der Waals surface area (Å²) in [5.74, 6) is -0.767. The van der Waals surface area contributed by atoms with E-state index in [0.29, 0.717) is 0 Å². The highest BCUT2D eigenvalue weighted by molar-refractivity contribution is 5.68. The zero-order valence-corrected chi connectivity index (χ0v) is 6.84. The van der Waals surface area contributed by atoms with Gasteiger partial charge in [0.15, 0.2) is 0 Å². The number of hydrogen-bond acceptors (Lipinski definition) is 5. The number of esters is 1. The molecule has 0 aromatic carbocycles. The third kappa shape index (κ3) is 2.26. The van der Waals surface area contributed by atoms with E-state index in [4.69, 9.17) is 0 Å². The maximum atomic E-state index is 10.7. The molecule has 0 N–H and O–H groups in total. The van der Waals surface area contributed by atoms with Gasteiger partial charge in [-0.3, -0.25) is 9.36 Å². The van der Waals surface area contributed by atoms with E-state index < -0.39 is 10.9 Å². The number of carbonyl (C=O) groups excluding carboxylic acids is 1. The van der Waals surface area contributed by atoms with E-state index in [-0.39, 0.29) is 12.4 Å². The van der Waals surface area contributed by atoms with Gasteiger partial charge in [0, 0.05) is 0 Å². The molecule has 0 amide bonds. The smallest absolute Gasteiger partial charge is 0.381 e. The summed E-state index contributed by atoms with van der Waals surface area (Å²) in [5.41, 5.74) is 0. The molecule has 70 valence electrons. The number of nitrogens with zero attached hydrogens (tertiary/aromatic N) is 3. The highest BCUT2D eigenvalue weighted by Crippen LogP contribution is 2.05. The predicted molar refractivity (Wildman–Crippen MR) is 40.9 cm³/mol. The third-order valence-electron chi connectivity index (χ3n) is 1.35. The Labute approximate surface area is 73.1 Å². The zero-order chi connectivity index (χ0) is 9.84. The maximum absolute atomic E-state index is 10.7. The highest BCUT2D eigenvalue weighted by atomic mass is 16.6. The molecule has 0 aliphatic rings. The van der Waals surface area contributed by atoms with Crippen LogP contribution in [-0.2, 0) is 16.1 Å². The van der Waals surface area contributed by atoms with Gasteiger partial charge in [-0.1, -0.05) is 0 Å². The number of carbonyl (C=O) groups is 1. The first-order valence-corrected chi connectivity index (χ1v) is 3.36. The second-order valence-corrected chi connectivity index (χ2v) is 2.24. The molecule has 0 aliphatic carbocycles. The van der Waals surface area contributed by atoms with E-state index in [2.05, 4.69) is 9.72 Å². The van der Waals surface area contributed by atoms with Crippen LogP contribution in [0.3, 0.4) is 0 Å². The third-order valence-corrected chi connectivity index (χ3v) is 1.35. The van der Waals surface area contributed by atoms with Crippen molar-refractivity contribution in [2.45, 2.75) is 6.54 Å². The van der Waals surface area contributed by atoms with Gasteiger partial charge in [0.2, 0.25) is 6.33 Å². The first kappa shape index (κ1) is 9.17. The van der Waals surface area contributed by atoms with Crippen LogP contribution in [-0.4, -0.2) is 27.6 Å². The Morgan fingerprint density at radius 3 is 3.00 bits per heavy atom.